The van der Waals surface area contributed by atoms with Crippen LogP contribution in [0.4, 0.5) is 5.69 Å². The van der Waals surface area contributed by atoms with Gasteiger partial charge in [-0.2, -0.15) is 0 Å². The van der Waals surface area contributed by atoms with Gasteiger partial charge < -0.3 is 5.11 Å². The zero-order chi connectivity index (χ0) is 12.8. The second kappa shape index (κ2) is 3.85. The smallest absolute Gasteiger partial charge is 0.310 e. The van der Waals surface area contributed by atoms with Crippen molar-refractivity contribution in [2.24, 2.45) is 5.92 Å². The molecule has 1 aromatic rings. The van der Waals surface area contributed by atoms with Crippen LogP contribution in [0.25, 0.3) is 0 Å². The predicted molar refractivity (Wildman–Crippen MR) is 61.4 cm³/mol. The molecule has 0 spiro atoms. The molecule has 17 heavy (non-hydrogen) atoms. The second-order valence-electron chi connectivity index (χ2n) is 3.82. The lowest BCUT2D eigenvalue weighted by Gasteiger charge is -1.99. The van der Waals surface area contributed by atoms with Gasteiger partial charge in [-0.05, 0) is 5.56 Å². The van der Waals surface area contributed by atoms with Crippen molar-refractivity contribution in [1.82, 2.24) is 0 Å². The van der Waals surface area contributed by atoms with Crippen molar-refractivity contribution in [3.63, 3.8) is 0 Å². The summed E-state index contributed by atoms with van der Waals surface area (Å²) in [4.78, 5) is 20.8. The molecule has 0 amide bonds. The Balaban J connectivity index is 2.26. The average Bonchev–Trinajstić information content (AvgIpc) is 2.82. The topological polar surface area (TPSA) is 80.4 Å². The molecular formula is C10H7Cl2NO4. The summed E-state index contributed by atoms with van der Waals surface area (Å²) in [5.41, 5.74) is 0.531. The number of nitro benzene ring substituents is 1. The Morgan fingerprint density at radius 1 is 1.35 bits per heavy atom. The van der Waals surface area contributed by atoms with Crippen LogP contribution >= 0.6 is 23.2 Å². The first-order valence-corrected chi connectivity index (χ1v) is 5.46. The van der Waals surface area contributed by atoms with E-state index in [-0.39, 0.29) is 5.69 Å². The van der Waals surface area contributed by atoms with Gasteiger partial charge in [-0.1, -0.05) is 35.3 Å². The minimum atomic E-state index is -1.33. The number of carboxylic acid groups (broad SMARTS) is 1. The predicted octanol–water partition coefficient (Wildman–Crippen LogP) is 2.57. The van der Waals surface area contributed by atoms with Crippen molar-refractivity contribution in [3.8, 4) is 0 Å². The Hall–Kier alpha value is -1.33. The molecule has 1 aromatic carbocycles. The van der Waals surface area contributed by atoms with E-state index in [2.05, 4.69) is 0 Å². The Morgan fingerprint density at radius 2 is 1.88 bits per heavy atom. The monoisotopic (exact) mass is 275 g/mol. The summed E-state index contributed by atoms with van der Waals surface area (Å²) >= 11 is 11.7. The van der Waals surface area contributed by atoms with Gasteiger partial charge in [-0.15, -0.1) is 0 Å². The van der Waals surface area contributed by atoms with Crippen LogP contribution in [0.5, 0.6) is 0 Å². The first-order chi connectivity index (χ1) is 7.85. The molecule has 5 nitrogen and oxygen atoms in total. The van der Waals surface area contributed by atoms with E-state index in [0.29, 0.717) is 5.56 Å². The third kappa shape index (κ3) is 1.96. The largest absolute Gasteiger partial charge is 0.481 e. The highest BCUT2D eigenvalue weighted by molar-refractivity contribution is 6.53. The van der Waals surface area contributed by atoms with Gasteiger partial charge in [0.05, 0.1) is 10.8 Å². The number of carboxylic acids is 1. The summed E-state index contributed by atoms with van der Waals surface area (Å²) in [7, 11) is 0. The molecule has 0 heterocycles. The summed E-state index contributed by atoms with van der Waals surface area (Å²) in [6, 6.07) is 5.56. The van der Waals surface area contributed by atoms with Gasteiger partial charge in [-0.3, -0.25) is 14.9 Å². The molecule has 0 unspecified atom stereocenters. The van der Waals surface area contributed by atoms with Crippen LogP contribution in [-0.2, 0) is 4.79 Å². The van der Waals surface area contributed by atoms with Crippen molar-refractivity contribution < 1.29 is 14.8 Å². The second-order valence-corrected chi connectivity index (χ2v) is 5.26. The molecule has 1 N–H and O–H groups in total. The van der Waals surface area contributed by atoms with Crippen molar-refractivity contribution in [1.29, 1.82) is 0 Å². The van der Waals surface area contributed by atoms with Crippen molar-refractivity contribution >= 4 is 34.9 Å². The molecular weight excluding hydrogens is 269 g/mol. The molecule has 7 heteroatoms. The van der Waals surface area contributed by atoms with E-state index in [1.807, 2.05) is 0 Å². The number of nitro groups is 1. The Morgan fingerprint density at radius 3 is 2.24 bits per heavy atom. The number of benzene rings is 1. The van der Waals surface area contributed by atoms with Gasteiger partial charge in [0.25, 0.3) is 5.69 Å². The Labute approximate surface area is 106 Å². The summed E-state index contributed by atoms with van der Waals surface area (Å²) in [5, 5.41) is 19.3. The number of nitrogens with zero attached hydrogens (tertiary/aromatic N) is 1. The number of hydrogen-bond acceptors (Lipinski definition) is 3. The zero-order valence-electron chi connectivity index (χ0n) is 8.34. The third-order valence-corrected chi connectivity index (χ3v) is 3.72. The van der Waals surface area contributed by atoms with E-state index < -0.39 is 27.1 Å². The fourth-order valence-electron chi connectivity index (χ4n) is 1.85. The number of aliphatic carboxylic acids is 1. The van der Waals surface area contributed by atoms with E-state index in [4.69, 9.17) is 28.3 Å². The lowest BCUT2D eigenvalue weighted by Crippen LogP contribution is -2.03. The Kier molecular flexibility index (Phi) is 2.75. The number of halogens is 2. The number of carbonyl (C=O) groups is 1. The van der Waals surface area contributed by atoms with Gasteiger partial charge >= 0.3 is 5.97 Å². The maximum atomic E-state index is 10.9. The quantitative estimate of drug-likeness (QED) is 0.522. The molecule has 1 saturated carbocycles. The number of rotatable bonds is 3. The van der Waals surface area contributed by atoms with E-state index in [1.54, 1.807) is 0 Å². The fourth-order valence-corrected chi connectivity index (χ4v) is 2.67. The molecule has 2 rings (SSSR count). The molecule has 1 fully saturated rings. The normalized spacial score (nSPS) is 25.3. The number of alkyl halides is 2. The van der Waals surface area contributed by atoms with Crippen LogP contribution in [0, 0.1) is 16.0 Å². The summed E-state index contributed by atoms with van der Waals surface area (Å²) in [6.07, 6.45) is 0. The van der Waals surface area contributed by atoms with E-state index in [1.165, 1.54) is 24.3 Å². The first-order valence-electron chi connectivity index (χ1n) is 4.70. The molecule has 1 aliphatic carbocycles. The van der Waals surface area contributed by atoms with Crippen LogP contribution in [0.2, 0.25) is 0 Å². The summed E-state index contributed by atoms with van der Waals surface area (Å²) in [6.45, 7) is 0. The van der Waals surface area contributed by atoms with Crippen LogP contribution < -0.4 is 0 Å². The Bertz CT molecular complexity index is 486. The van der Waals surface area contributed by atoms with Crippen LogP contribution in [-0.4, -0.2) is 20.3 Å². The lowest BCUT2D eigenvalue weighted by molar-refractivity contribution is -0.384. The highest BCUT2D eigenvalue weighted by Crippen LogP contribution is 2.64. The molecule has 2 atom stereocenters. The maximum Gasteiger partial charge on any atom is 0.310 e. The molecule has 0 radical (unpaired) electrons. The minimum absolute atomic E-state index is 0.0592. The molecule has 0 aromatic heterocycles. The molecule has 0 aliphatic heterocycles. The zero-order valence-corrected chi connectivity index (χ0v) is 9.85. The SMILES string of the molecule is O=C(O)[C@@H]1[C@@H](c2ccc([N+](=O)[O-])cc2)C1(Cl)Cl. The van der Waals surface area contributed by atoms with E-state index >= 15 is 0 Å². The standard InChI is InChI=1S/C10H7Cl2NO4/c11-10(12)7(8(10)9(14)15)5-1-3-6(4-2-5)13(16)17/h1-4,7-8H,(H,14,15)/t7-,8+/m1/s1. The highest BCUT2D eigenvalue weighted by atomic mass is 35.5. The molecule has 0 saturated heterocycles. The highest BCUT2D eigenvalue weighted by Gasteiger charge is 2.68. The van der Waals surface area contributed by atoms with E-state index in [0.717, 1.165) is 0 Å². The fraction of sp³-hybridized carbons (Fsp3) is 0.300. The van der Waals surface area contributed by atoms with Gasteiger partial charge in [-0.25, -0.2) is 0 Å². The lowest BCUT2D eigenvalue weighted by atomic mass is 10.1. The van der Waals surface area contributed by atoms with Gasteiger partial charge in [0, 0.05) is 18.1 Å². The van der Waals surface area contributed by atoms with Crippen molar-refractivity contribution in [3.05, 3.63) is 39.9 Å². The third-order valence-electron chi connectivity index (χ3n) is 2.78. The van der Waals surface area contributed by atoms with E-state index in [9.17, 15) is 14.9 Å². The first kappa shape index (κ1) is 12.1. The maximum absolute atomic E-state index is 10.9. The number of non-ortho nitro benzene ring substituents is 1. The van der Waals surface area contributed by atoms with Crippen molar-refractivity contribution in [2.75, 3.05) is 0 Å². The van der Waals surface area contributed by atoms with Crippen LogP contribution in [0.3, 0.4) is 0 Å². The van der Waals surface area contributed by atoms with Gasteiger partial charge in [0.15, 0.2) is 0 Å². The van der Waals surface area contributed by atoms with Crippen molar-refractivity contribution in [2.45, 2.75) is 10.3 Å². The molecule has 0 bridgehead atoms. The van der Waals surface area contributed by atoms with Gasteiger partial charge in [0.1, 0.15) is 4.33 Å². The molecule has 1 aliphatic rings. The summed E-state index contributed by atoms with van der Waals surface area (Å²) in [5.74, 6) is -2.46. The number of hydrogen-bond donors (Lipinski definition) is 1. The van der Waals surface area contributed by atoms with Crippen LogP contribution in [0.1, 0.15) is 11.5 Å². The molecule has 90 valence electrons. The van der Waals surface area contributed by atoms with Crippen LogP contribution in [0.15, 0.2) is 24.3 Å². The van der Waals surface area contributed by atoms with Gasteiger partial charge in [0.2, 0.25) is 0 Å². The average molecular weight is 276 g/mol. The minimum Gasteiger partial charge on any atom is -0.481 e. The summed E-state index contributed by atoms with van der Waals surface area (Å²) < 4.78 is -1.33.